The number of benzene rings is 2. The number of halogens is 1. The van der Waals surface area contributed by atoms with Gasteiger partial charge in [0.05, 0.1) is 19.2 Å². The van der Waals surface area contributed by atoms with Crippen molar-refractivity contribution < 1.29 is 13.9 Å². The normalized spacial score (nSPS) is 16.7. The maximum absolute atomic E-state index is 12.9. The Morgan fingerprint density at radius 3 is 2.76 bits per heavy atom. The zero-order chi connectivity index (χ0) is 17.6. The Morgan fingerprint density at radius 1 is 1.24 bits per heavy atom. The molecule has 1 amide bonds. The van der Waals surface area contributed by atoms with Gasteiger partial charge in [-0.2, -0.15) is 0 Å². The topological polar surface area (TPSA) is 41.6 Å². The third kappa shape index (κ3) is 4.50. The lowest BCUT2D eigenvalue weighted by Gasteiger charge is -2.21. The van der Waals surface area contributed by atoms with Crippen LogP contribution in [0.5, 0.6) is 5.75 Å². The van der Waals surface area contributed by atoms with Gasteiger partial charge < -0.3 is 15.0 Å². The maximum Gasteiger partial charge on any atom is 0.224 e. The summed E-state index contributed by atoms with van der Waals surface area (Å²) in [6.07, 6.45) is 1.32. The second kappa shape index (κ2) is 8.01. The molecule has 0 radical (unpaired) electrons. The highest BCUT2D eigenvalue weighted by atomic mass is 19.1. The largest absolute Gasteiger partial charge is 0.495 e. The molecule has 2 aromatic rings. The first kappa shape index (κ1) is 17.3. The van der Waals surface area contributed by atoms with Crippen molar-refractivity contribution in [2.24, 2.45) is 5.92 Å². The van der Waals surface area contributed by atoms with E-state index in [0.717, 1.165) is 36.5 Å². The van der Waals surface area contributed by atoms with Crippen LogP contribution in [0.4, 0.5) is 10.1 Å². The Bertz CT molecular complexity index is 718. The minimum absolute atomic E-state index is 0.0256. The fraction of sp³-hybridized carbons (Fsp3) is 0.350. The molecule has 1 aliphatic heterocycles. The van der Waals surface area contributed by atoms with Crippen molar-refractivity contribution in [3.8, 4) is 5.75 Å². The number of nitrogens with one attached hydrogen (secondary N) is 1. The van der Waals surface area contributed by atoms with Gasteiger partial charge in [-0.25, -0.2) is 4.39 Å². The molecular weight excluding hydrogens is 319 g/mol. The van der Waals surface area contributed by atoms with Crippen LogP contribution in [0, 0.1) is 11.7 Å². The minimum Gasteiger partial charge on any atom is -0.495 e. The van der Waals surface area contributed by atoms with E-state index in [9.17, 15) is 9.18 Å². The van der Waals surface area contributed by atoms with Crippen LogP contribution < -0.4 is 15.0 Å². The summed E-state index contributed by atoms with van der Waals surface area (Å²) in [7, 11) is 1.68. The lowest BCUT2D eigenvalue weighted by atomic mass is 10.1. The molecule has 1 saturated heterocycles. The van der Waals surface area contributed by atoms with Crippen molar-refractivity contribution in [1.82, 2.24) is 5.32 Å². The SMILES string of the molecule is COc1ccccc1N1CCC(CNC(=O)Cc2ccc(F)cc2)C1. The minimum atomic E-state index is -0.286. The van der Waals surface area contributed by atoms with E-state index < -0.39 is 0 Å². The number of hydrogen-bond acceptors (Lipinski definition) is 3. The zero-order valence-electron chi connectivity index (χ0n) is 14.4. The monoisotopic (exact) mass is 342 g/mol. The van der Waals surface area contributed by atoms with Crippen LogP contribution >= 0.6 is 0 Å². The van der Waals surface area contributed by atoms with Gasteiger partial charge >= 0.3 is 0 Å². The summed E-state index contributed by atoms with van der Waals surface area (Å²) in [5.74, 6) is 0.986. The summed E-state index contributed by atoms with van der Waals surface area (Å²) in [5, 5.41) is 3.00. The highest BCUT2D eigenvalue weighted by Crippen LogP contribution is 2.31. The van der Waals surface area contributed by atoms with Crippen LogP contribution in [-0.4, -0.2) is 32.7 Å². The summed E-state index contributed by atoms with van der Waals surface area (Å²) in [6.45, 7) is 2.52. The fourth-order valence-corrected chi connectivity index (χ4v) is 3.22. The molecule has 1 unspecified atom stereocenters. The van der Waals surface area contributed by atoms with Gasteiger partial charge in [-0.15, -0.1) is 0 Å². The third-order valence-electron chi connectivity index (χ3n) is 4.58. The predicted molar refractivity (Wildman–Crippen MR) is 96.4 cm³/mol. The van der Waals surface area contributed by atoms with Crippen molar-refractivity contribution in [3.05, 3.63) is 59.9 Å². The first-order valence-electron chi connectivity index (χ1n) is 8.55. The Kier molecular flexibility index (Phi) is 5.53. The molecule has 1 fully saturated rings. The molecule has 1 heterocycles. The molecule has 2 aromatic carbocycles. The van der Waals surface area contributed by atoms with Gasteiger partial charge in [-0.3, -0.25) is 4.79 Å². The molecule has 1 aliphatic rings. The van der Waals surface area contributed by atoms with Crippen molar-refractivity contribution in [2.45, 2.75) is 12.8 Å². The fourth-order valence-electron chi connectivity index (χ4n) is 3.22. The van der Waals surface area contributed by atoms with Crippen LogP contribution in [0.1, 0.15) is 12.0 Å². The summed E-state index contributed by atoms with van der Waals surface area (Å²) >= 11 is 0. The van der Waals surface area contributed by atoms with Gasteiger partial charge in [0.15, 0.2) is 0 Å². The molecule has 0 aromatic heterocycles. The Labute approximate surface area is 147 Å². The lowest BCUT2D eigenvalue weighted by molar-refractivity contribution is -0.120. The van der Waals surface area contributed by atoms with E-state index in [2.05, 4.69) is 16.3 Å². The molecule has 0 aliphatic carbocycles. The smallest absolute Gasteiger partial charge is 0.224 e. The van der Waals surface area contributed by atoms with E-state index in [4.69, 9.17) is 4.74 Å². The standard InChI is InChI=1S/C20H23FN2O2/c1-25-19-5-3-2-4-18(19)23-11-10-16(14-23)13-22-20(24)12-15-6-8-17(21)9-7-15/h2-9,16H,10-14H2,1H3,(H,22,24). The first-order chi connectivity index (χ1) is 12.2. The lowest BCUT2D eigenvalue weighted by Crippen LogP contribution is -2.32. The summed E-state index contributed by atoms with van der Waals surface area (Å²) in [6, 6.07) is 14.1. The Balaban J connectivity index is 1.48. The van der Waals surface area contributed by atoms with Gasteiger partial charge in [0, 0.05) is 19.6 Å². The number of amides is 1. The Morgan fingerprint density at radius 2 is 2.00 bits per heavy atom. The van der Waals surface area contributed by atoms with E-state index in [1.165, 1.54) is 12.1 Å². The van der Waals surface area contributed by atoms with Gasteiger partial charge in [-0.1, -0.05) is 24.3 Å². The van der Waals surface area contributed by atoms with Gasteiger partial charge in [0.1, 0.15) is 11.6 Å². The number of hydrogen-bond donors (Lipinski definition) is 1. The molecule has 4 nitrogen and oxygen atoms in total. The van der Waals surface area contributed by atoms with Crippen molar-refractivity contribution in [1.29, 1.82) is 0 Å². The van der Waals surface area contributed by atoms with Crippen molar-refractivity contribution >= 4 is 11.6 Å². The zero-order valence-corrected chi connectivity index (χ0v) is 14.4. The molecule has 0 spiro atoms. The first-order valence-corrected chi connectivity index (χ1v) is 8.55. The molecule has 1 N–H and O–H groups in total. The summed E-state index contributed by atoms with van der Waals surface area (Å²) < 4.78 is 18.3. The summed E-state index contributed by atoms with van der Waals surface area (Å²) in [4.78, 5) is 14.4. The van der Waals surface area contributed by atoms with E-state index in [-0.39, 0.29) is 18.1 Å². The number of methoxy groups -OCH3 is 1. The van der Waals surface area contributed by atoms with Crippen molar-refractivity contribution in [2.75, 3.05) is 31.6 Å². The second-order valence-electron chi connectivity index (χ2n) is 6.38. The highest BCUT2D eigenvalue weighted by Gasteiger charge is 2.24. The van der Waals surface area contributed by atoms with Crippen LogP contribution in [0.3, 0.4) is 0 Å². The number of para-hydroxylation sites is 2. The van der Waals surface area contributed by atoms with E-state index in [1.807, 2.05) is 18.2 Å². The summed E-state index contributed by atoms with van der Waals surface area (Å²) in [5.41, 5.74) is 1.92. The number of carbonyl (C=O) groups excluding carboxylic acids is 1. The van der Waals surface area contributed by atoms with Crippen molar-refractivity contribution in [3.63, 3.8) is 0 Å². The molecular formula is C20H23FN2O2. The molecule has 3 rings (SSSR count). The van der Waals surface area contributed by atoms with Crippen LogP contribution in [0.15, 0.2) is 48.5 Å². The average Bonchev–Trinajstić information content (AvgIpc) is 3.11. The van der Waals surface area contributed by atoms with Crippen LogP contribution in [0.2, 0.25) is 0 Å². The van der Waals surface area contributed by atoms with Crippen LogP contribution in [0.25, 0.3) is 0 Å². The molecule has 5 heteroatoms. The van der Waals surface area contributed by atoms with Gasteiger partial charge in [0.2, 0.25) is 5.91 Å². The van der Waals surface area contributed by atoms with Gasteiger partial charge in [0.25, 0.3) is 0 Å². The van der Waals surface area contributed by atoms with Crippen LogP contribution in [-0.2, 0) is 11.2 Å². The molecule has 0 saturated carbocycles. The molecule has 132 valence electrons. The molecule has 25 heavy (non-hydrogen) atoms. The molecule has 1 atom stereocenters. The third-order valence-corrected chi connectivity index (χ3v) is 4.58. The number of anilines is 1. The van der Waals surface area contributed by atoms with Gasteiger partial charge in [-0.05, 0) is 42.2 Å². The maximum atomic E-state index is 12.9. The average molecular weight is 342 g/mol. The second-order valence-corrected chi connectivity index (χ2v) is 6.38. The quantitative estimate of drug-likeness (QED) is 0.877. The Hall–Kier alpha value is -2.56. The van der Waals surface area contributed by atoms with E-state index >= 15 is 0 Å². The van der Waals surface area contributed by atoms with E-state index in [0.29, 0.717) is 12.5 Å². The number of ether oxygens (including phenoxy) is 1. The number of rotatable bonds is 6. The number of nitrogens with zero attached hydrogens (tertiary/aromatic N) is 1. The predicted octanol–water partition coefficient (Wildman–Crippen LogP) is 3.02. The number of carbonyl (C=O) groups is 1. The molecule has 0 bridgehead atoms. The highest BCUT2D eigenvalue weighted by molar-refractivity contribution is 5.78. The van der Waals surface area contributed by atoms with E-state index in [1.54, 1.807) is 19.2 Å².